The van der Waals surface area contributed by atoms with E-state index in [1.165, 1.54) is 16.7 Å². The van der Waals surface area contributed by atoms with Gasteiger partial charge in [0, 0.05) is 11.6 Å². The molecule has 24 heavy (non-hydrogen) atoms. The van der Waals surface area contributed by atoms with Crippen LogP contribution in [0, 0.1) is 0 Å². The third kappa shape index (κ3) is 2.36. The topological polar surface area (TPSA) is 12.9 Å². The monoisotopic (exact) mass is 327 g/mol. The smallest absolute Gasteiger partial charge is 0.112 e. The quantitative estimate of drug-likeness (QED) is 0.449. The van der Waals surface area contributed by atoms with Crippen LogP contribution in [0.5, 0.6) is 0 Å². The van der Waals surface area contributed by atoms with Crippen LogP contribution in [0.3, 0.4) is 0 Å². The van der Waals surface area contributed by atoms with Crippen LogP contribution in [0.25, 0.3) is 0 Å². The lowest BCUT2D eigenvalue weighted by Gasteiger charge is -2.34. The first kappa shape index (κ1) is 14.9. The number of benzene rings is 3. The highest BCUT2D eigenvalue weighted by Gasteiger charge is 2.40. The summed E-state index contributed by atoms with van der Waals surface area (Å²) < 4.78 is 0. The lowest BCUT2D eigenvalue weighted by molar-refractivity contribution is 0.736. The Morgan fingerprint density at radius 2 is 1.00 bits per heavy atom. The van der Waals surface area contributed by atoms with E-state index in [2.05, 4.69) is 96.4 Å². The van der Waals surface area contributed by atoms with E-state index < -0.39 is 5.41 Å². The zero-order valence-corrected chi connectivity index (χ0v) is 14.0. The maximum Gasteiger partial charge on any atom is 0.112 e. The van der Waals surface area contributed by atoms with E-state index >= 15 is 0 Å². The number of aromatic nitrogens is 1. The minimum Gasteiger partial charge on any atom is -0.248 e. The van der Waals surface area contributed by atoms with Crippen molar-refractivity contribution in [3.05, 3.63) is 124 Å². The molecule has 1 heterocycles. The second-order valence-corrected chi connectivity index (χ2v) is 6.58. The van der Waals surface area contributed by atoms with Crippen molar-refractivity contribution in [2.75, 3.05) is 0 Å². The van der Waals surface area contributed by atoms with Crippen molar-refractivity contribution < 1.29 is 0 Å². The van der Waals surface area contributed by atoms with E-state index in [9.17, 15) is 0 Å². The van der Waals surface area contributed by atoms with Gasteiger partial charge in [-0.05, 0) is 16.7 Å². The number of rotatable bonds is 4. The fourth-order valence-corrected chi connectivity index (χ4v) is 4.25. The molecule has 116 valence electrons. The molecular weight excluding hydrogens is 310 g/mol. The van der Waals surface area contributed by atoms with Gasteiger partial charge < -0.3 is 0 Å². The Morgan fingerprint density at radius 3 is 1.33 bits per heavy atom. The SMILES string of the molecule is c1ccc(C(c2ccccc2)(c2ccccc2)c2nccs2)cc1. The van der Waals surface area contributed by atoms with Crippen LogP contribution < -0.4 is 0 Å². The molecular formula is C22H17NS. The molecule has 1 aromatic heterocycles. The molecule has 0 radical (unpaired) electrons. The third-order valence-corrected chi connectivity index (χ3v) is 5.27. The Bertz CT molecular complexity index is 788. The zero-order valence-electron chi connectivity index (χ0n) is 13.2. The zero-order chi connectivity index (χ0) is 16.2. The van der Waals surface area contributed by atoms with Gasteiger partial charge in [0.1, 0.15) is 5.01 Å². The molecule has 0 N–H and O–H groups in total. The molecule has 0 amide bonds. The molecule has 0 aliphatic heterocycles. The van der Waals surface area contributed by atoms with Crippen molar-refractivity contribution in [3.63, 3.8) is 0 Å². The van der Waals surface area contributed by atoms with E-state index in [1.807, 2.05) is 6.20 Å². The average molecular weight is 327 g/mol. The minimum atomic E-state index is -0.391. The van der Waals surface area contributed by atoms with Crippen molar-refractivity contribution in [2.45, 2.75) is 5.41 Å². The van der Waals surface area contributed by atoms with E-state index in [-0.39, 0.29) is 0 Å². The van der Waals surface area contributed by atoms with Crippen molar-refractivity contribution in [3.8, 4) is 0 Å². The van der Waals surface area contributed by atoms with Crippen LogP contribution in [0.15, 0.2) is 103 Å². The summed E-state index contributed by atoms with van der Waals surface area (Å²) in [5.41, 5.74) is 3.31. The third-order valence-electron chi connectivity index (χ3n) is 4.37. The van der Waals surface area contributed by atoms with Crippen molar-refractivity contribution in [2.24, 2.45) is 0 Å². The van der Waals surface area contributed by atoms with Crippen LogP contribution in [0.4, 0.5) is 0 Å². The van der Waals surface area contributed by atoms with Crippen molar-refractivity contribution in [1.29, 1.82) is 0 Å². The standard InChI is InChI=1S/C22H17NS/c1-4-10-18(11-5-1)22(21-23-16-17-24-21,19-12-6-2-7-13-19)20-14-8-3-9-15-20/h1-17H. The molecule has 0 saturated carbocycles. The Hall–Kier alpha value is -2.71. The maximum absolute atomic E-state index is 4.74. The second kappa shape index (κ2) is 6.42. The van der Waals surface area contributed by atoms with Gasteiger partial charge in [-0.3, -0.25) is 0 Å². The fraction of sp³-hybridized carbons (Fsp3) is 0.0455. The molecule has 0 aliphatic carbocycles. The molecule has 1 nitrogen and oxygen atoms in total. The lowest BCUT2D eigenvalue weighted by Crippen LogP contribution is -2.30. The maximum atomic E-state index is 4.74. The summed E-state index contributed by atoms with van der Waals surface area (Å²) in [5.74, 6) is 0. The molecule has 0 bridgehead atoms. The molecule has 0 spiro atoms. The predicted molar refractivity (Wildman–Crippen MR) is 100 cm³/mol. The first-order valence-corrected chi connectivity index (χ1v) is 8.87. The molecule has 0 aliphatic rings. The van der Waals surface area contributed by atoms with E-state index in [4.69, 9.17) is 4.98 Å². The van der Waals surface area contributed by atoms with E-state index in [0.29, 0.717) is 0 Å². The second-order valence-electron chi connectivity index (χ2n) is 5.69. The van der Waals surface area contributed by atoms with E-state index in [0.717, 1.165) is 5.01 Å². The summed E-state index contributed by atoms with van der Waals surface area (Å²) in [5, 5.41) is 3.14. The predicted octanol–water partition coefficient (Wildman–Crippen LogP) is 5.53. The summed E-state index contributed by atoms with van der Waals surface area (Å²) in [4.78, 5) is 4.74. The highest BCUT2D eigenvalue weighted by Crippen LogP contribution is 2.45. The summed E-state index contributed by atoms with van der Waals surface area (Å²) in [6, 6.07) is 32.0. The van der Waals surface area contributed by atoms with Crippen LogP contribution in [-0.2, 0) is 5.41 Å². The first-order chi connectivity index (χ1) is 11.9. The van der Waals surface area contributed by atoms with Gasteiger partial charge in [-0.25, -0.2) is 4.98 Å². The molecule has 0 unspecified atom stereocenters. The van der Waals surface area contributed by atoms with Gasteiger partial charge in [-0.2, -0.15) is 0 Å². The molecule has 4 aromatic rings. The summed E-state index contributed by atoms with van der Waals surface area (Å²) >= 11 is 1.70. The van der Waals surface area contributed by atoms with Crippen LogP contribution >= 0.6 is 11.3 Å². The van der Waals surface area contributed by atoms with Gasteiger partial charge >= 0.3 is 0 Å². The van der Waals surface area contributed by atoms with Crippen LogP contribution in [-0.4, -0.2) is 4.98 Å². The minimum absolute atomic E-state index is 0.391. The Kier molecular flexibility index (Phi) is 3.97. The van der Waals surface area contributed by atoms with Crippen LogP contribution in [0.2, 0.25) is 0 Å². The largest absolute Gasteiger partial charge is 0.248 e. The van der Waals surface area contributed by atoms with Gasteiger partial charge in [0.25, 0.3) is 0 Å². The number of thiazole rings is 1. The number of nitrogens with zero attached hydrogens (tertiary/aromatic N) is 1. The summed E-state index contributed by atoms with van der Waals surface area (Å²) in [6.45, 7) is 0. The summed E-state index contributed by atoms with van der Waals surface area (Å²) in [7, 11) is 0. The Labute approximate surface area is 146 Å². The van der Waals surface area contributed by atoms with E-state index in [1.54, 1.807) is 11.3 Å². The molecule has 0 atom stereocenters. The molecule has 3 aromatic carbocycles. The fourth-order valence-electron chi connectivity index (χ4n) is 3.34. The van der Waals surface area contributed by atoms with Gasteiger partial charge in [0.2, 0.25) is 0 Å². The molecule has 0 saturated heterocycles. The molecule has 0 fully saturated rings. The Morgan fingerprint density at radius 1 is 0.583 bits per heavy atom. The molecule has 4 rings (SSSR count). The highest BCUT2D eigenvalue weighted by molar-refractivity contribution is 7.09. The number of hydrogen-bond acceptors (Lipinski definition) is 2. The van der Waals surface area contributed by atoms with Crippen molar-refractivity contribution in [1.82, 2.24) is 4.98 Å². The van der Waals surface area contributed by atoms with Crippen molar-refractivity contribution >= 4 is 11.3 Å². The first-order valence-electron chi connectivity index (χ1n) is 7.99. The Balaban J connectivity index is 2.12. The van der Waals surface area contributed by atoms with Gasteiger partial charge in [-0.1, -0.05) is 91.0 Å². The van der Waals surface area contributed by atoms with Gasteiger partial charge in [0.15, 0.2) is 0 Å². The van der Waals surface area contributed by atoms with Crippen LogP contribution in [0.1, 0.15) is 21.7 Å². The lowest BCUT2D eigenvalue weighted by atomic mass is 9.70. The molecule has 2 heteroatoms. The van der Waals surface area contributed by atoms with Gasteiger partial charge in [-0.15, -0.1) is 11.3 Å². The van der Waals surface area contributed by atoms with Gasteiger partial charge in [0.05, 0.1) is 5.41 Å². The number of hydrogen-bond donors (Lipinski definition) is 0. The summed E-state index contributed by atoms with van der Waals surface area (Å²) in [6.07, 6.45) is 1.89. The average Bonchev–Trinajstić information content (AvgIpc) is 3.20. The normalized spacial score (nSPS) is 11.3. The highest BCUT2D eigenvalue weighted by atomic mass is 32.1.